The summed E-state index contributed by atoms with van der Waals surface area (Å²) in [5, 5.41) is 386. The highest BCUT2D eigenvalue weighted by atomic mass is 16.8. The summed E-state index contributed by atoms with van der Waals surface area (Å²) in [5.41, 5.74) is 0. The Kier molecular flexibility index (Phi) is 35.7. The van der Waals surface area contributed by atoms with Crippen molar-refractivity contribution in [3.8, 4) is 0 Å². The minimum atomic E-state index is -2.69. The second-order valence-corrected chi connectivity index (χ2v) is 30.9. The molecule has 11 rings (SSSR count). The van der Waals surface area contributed by atoms with Gasteiger partial charge >= 0.3 is 0 Å². The Balaban J connectivity index is 0.934. The van der Waals surface area contributed by atoms with Gasteiger partial charge in [0.25, 0.3) is 0 Å². The van der Waals surface area contributed by atoms with Crippen LogP contribution >= 0.6 is 0 Å². The van der Waals surface area contributed by atoms with Crippen molar-refractivity contribution in [1.29, 1.82) is 0 Å². The highest BCUT2D eigenvalue weighted by molar-refractivity contribution is 5.04. The largest absolute Gasteiger partial charge is 0.394 e. The third kappa shape index (κ3) is 21.0. The van der Waals surface area contributed by atoms with Gasteiger partial charge in [-0.1, -0.05) is 0 Å². The minimum Gasteiger partial charge on any atom is -0.394 e. The van der Waals surface area contributed by atoms with E-state index in [9.17, 15) is 179 Å². The van der Waals surface area contributed by atoms with E-state index in [2.05, 4.69) is 0 Å². The smallest absolute Gasteiger partial charge is 0.187 e. The summed E-state index contributed by atoms with van der Waals surface area (Å²) in [6, 6.07) is 0. The van der Waals surface area contributed by atoms with Gasteiger partial charge in [0, 0.05) is 0 Å². The molecule has 0 aromatic heterocycles. The molecule has 0 aromatic rings. The van der Waals surface area contributed by atoms with Gasteiger partial charge in [0.1, 0.15) is 269 Å². The number of rotatable bonds is 31. The Morgan fingerprint density at radius 1 is 0.139 bits per heavy atom. The van der Waals surface area contributed by atoms with Crippen LogP contribution in [-0.2, 0) is 99.5 Å². The van der Waals surface area contributed by atoms with E-state index in [1.54, 1.807) is 0 Å². The summed E-state index contributed by atoms with van der Waals surface area (Å²) in [4.78, 5) is 0. The first-order valence-corrected chi connectivity index (χ1v) is 38.7. The molecule has 0 bridgehead atoms. The Morgan fingerprint density at radius 2 is 0.287 bits per heavy atom. The van der Waals surface area contributed by atoms with Gasteiger partial charge in [-0.15, -0.1) is 0 Å². The number of aliphatic hydroxyl groups excluding tert-OH is 35. The predicted octanol–water partition coefficient (Wildman–Crippen LogP) is -25.0. The molecule has 56 nitrogen and oxygen atoms in total. The lowest BCUT2D eigenvalue weighted by Crippen LogP contribution is -2.69. The zero-order valence-corrected chi connectivity index (χ0v) is 63.8. The van der Waals surface area contributed by atoms with Crippen LogP contribution in [0.3, 0.4) is 0 Å². The van der Waals surface area contributed by atoms with E-state index < -0.39 is 410 Å². The van der Waals surface area contributed by atoms with Gasteiger partial charge in [-0.2, -0.15) is 0 Å². The molecule has 11 heterocycles. The molecule has 0 aromatic carbocycles. The SMILES string of the molecule is OC[C@H]1O[C@H](OC[C@H]2O[C@@H](O)[C@H](O[C@@H]3O[C@H](CO)[C@@H](O)[C@H](O)[C@@H]3O[C@@H]3O[C@H](CO[C@H]4O[C@H](CO)[C@H](O)[C@H](O)[C@H]4O)[C@@H](O)[C@H](O)[C@@H]3O[C@@H]3O[C@H](CO)[C@H](O)[C@H](O)[C@H]3O[C@@H]3O[C@H](CO[C@H]4O[C@H](CO)[C@@H](O)[C@H](O)[C@@H]4O)[C@@H](O)[C@H](O)[C@@H]3O[C@@H]3O[C@H](CO)[C@H](O)[C@@H](O)[C@H]3O[C@@H]3O[C@H](CO)[C@@H](O)[C@H](O)[C@@H]3O[C@@H]3O[C@H](CO)[C@@H](O)[C@H](O)[C@@H]3O)[C@@H](O)[C@H]2O)[C@H](O)[C@@H](O)[C@H]1O. The van der Waals surface area contributed by atoms with Crippen LogP contribution < -0.4 is 0 Å². The highest BCUT2D eigenvalue weighted by Crippen LogP contribution is 2.42. The number of hydrogen-bond donors (Lipinski definition) is 35. The zero-order valence-electron chi connectivity index (χ0n) is 63.8. The number of hydrogen-bond acceptors (Lipinski definition) is 56. The van der Waals surface area contributed by atoms with Crippen molar-refractivity contribution in [3.05, 3.63) is 0 Å². The monoisotopic (exact) mass is 1800 g/mol. The van der Waals surface area contributed by atoms with Crippen molar-refractivity contribution in [2.24, 2.45) is 0 Å². The Labute approximate surface area is 687 Å². The lowest BCUT2D eigenvalue weighted by Gasteiger charge is -2.51. The molecule has 0 radical (unpaired) electrons. The molecule has 0 saturated carbocycles. The van der Waals surface area contributed by atoms with Gasteiger partial charge in [-0.05, 0) is 0 Å². The summed E-state index contributed by atoms with van der Waals surface area (Å²) in [7, 11) is 0. The molecular formula is C66H112O56. The van der Waals surface area contributed by atoms with Crippen LogP contribution in [0.1, 0.15) is 0 Å². The molecule has 11 aliphatic rings. The highest BCUT2D eigenvalue weighted by Gasteiger charge is 2.62. The van der Waals surface area contributed by atoms with E-state index in [0.717, 1.165) is 0 Å². The van der Waals surface area contributed by atoms with Crippen molar-refractivity contribution in [1.82, 2.24) is 0 Å². The maximum absolute atomic E-state index is 12.5. The first-order chi connectivity index (χ1) is 57.8. The van der Waals surface area contributed by atoms with E-state index >= 15 is 0 Å². The van der Waals surface area contributed by atoms with Gasteiger partial charge in [0.05, 0.1) is 72.7 Å². The fourth-order valence-corrected chi connectivity index (χ4v) is 15.5. The second kappa shape index (κ2) is 43.4. The van der Waals surface area contributed by atoms with E-state index in [-0.39, 0.29) is 0 Å². The molecule has 35 N–H and O–H groups in total. The Hall–Kier alpha value is -2.24. The molecule has 11 aliphatic heterocycles. The first kappa shape index (κ1) is 100. The molecule has 0 spiro atoms. The van der Waals surface area contributed by atoms with Crippen molar-refractivity contribution >= 4 is 0 Å². The van der Waals surface area contributed by atoms with Gasteiger partial charge in [0.15, 0.2) is 69.2 Å². The molecule has 712 valence electrons. The summed E-state index contributed by atoms with van der Waals surface area (Å²) < 4.78 is 122. The molecular weight excluding hydrogens is 1690 g/mol. The van der Waals surface area contributed by atoms with Crippen LogP contribution in [0.4, 0.5) is 0 Å². The Morgan fingerprint density at radius 3 is 0.508 bits per heavy atom. The first-order valence-electron chi connectivity index (χ1n) is 38.7. The van der Waals surface area contributed by atoms with Gasteiger partial charge in [0.2, 0.25) is 0 Å². The lowest BCUT2D eigenvalue weighted by molar-refractivity contribution is -0.424. The standard InChI is InChI=1S/C66H112O56/c67-1-12-23(75)34(86)45(97)57(106-12)102-9-20-31(83)38(90)49(56(101)105-20)116-61-51(40(92)28(80)16(5-71)110-61)121-65-54(43(95)32(84)21(114-65)10-103-58-46(98)35(87)24(76)13(2-68)107-58)120-64-53(42(94)30(82)19(8-74)113-64)122-66-55(44(96)33(85)22(115-66)11-104-59-47(99)36(88)25(77)14(3-69)108-59)119-63-52(41(93)29(81)18(7-73)112-63)118-62-50(39(91)27(79)17(6-72)111-62)117-60-48(100)37(89)26(78)15(4-70)109-60/h12-101H,1-11H2/t12-,13-,14-,15-,16-,17-,18-,19-,20-,21-,22-,23+,24+,25-,26-,27-,28-,29+,30+,31+,32-,33-,34+,35+,36+,37+,38+,39+,40+,41-,42+,43+,44+,45-,46-,47+,48+,49-,50+,51+,52-,53-,54+,55+,56-,57+,58+,59+,60+,61+,62+,63+,64+,65+,66+/m1/s1. The van der Waals surface area contributed by atoms with Crippen LogP contribution in [0.5, 0.6) is 0 Å². The second-order valence-electron chi connectivity index (χ2n) is 30.9. The Bertz CT molecular complexity index is 3120. The van der Waals surface area contributed by atoms with Crippen molar-refractivity contribution in [3.63, 3.8) is 0 Å². The summed E-state index contributed by atoms with van der Waals surface area (Å²) in [5.74, 6) is 0. The average Bonchev–Trinajstić information content (AvgIpc) is 0.758. The molecule has 55 atom stereocenters. The van der Waals surface area contributed by atoms with Crippen LogP contribution in [0.25, 0.3) is 0 Å². The summed E-state index contributed by atoms with van der Waals surface area (Å²) >= 11 is 0. The quantitative estimate of drug-likeness (QED) is 0.0306. The molecule has 56 heteroatoms. The van der Waals surface area contributed by atoms with Crippen LogP contribution in [0.2, 0.25) is 0 Å². The third-order valence-corrected chi connectivity index (χ3v) is 23.0. The van der Waals surface area contributed by atoms with Crippen molar-refractivity contribution in [2.75, 3.05) is 72.7 Å². The topological polar surface area (TPSA) is 902 Å². The van der Waals surface area contributed by atoms with Crippen LogP contribution in [0, 0.1) is 0 Å². The van der Waals surface area contributed by atoms with Gasteiger partial charge in [-0.3, -0.25) is 0 Å². The molecule has 122 heavy (non-hydrogen) atoms. The average molecular weight is 1800 g/mol. The van der Waals surface area contributed by atoms with Crippen LogP contribution in [-0.4, -0.2) is 589 Å². The number of ether oxygens (including phenoxy) is 21. The minimum absolute atomic E-state index is 0.902. The maximum atomic E-state index is 12.5. The van der Waals surface area contributed by atoms with Crippen LogP contribution in [0.15, 0.2) is 0 Å². The molecule has 11 fully saturated rings. The van der Waals surface area contributed by atoms with Gasteiger partial charge in [-0.25, -0.2) is 0 Å². The fraction of sp³-hybridized carbons (Fsp3) is 1.00. The van der Waals surface area contributed by atoms with E-state index in [1.807, 2.05) is 0 Å². The maximum Gasteiger partial charge on any atom is 0.187 e. The summed E-state index contributed by atoms with van der Waals surface area (Å²) in [6.07, 6.45) is -123. The third-order valence-electron chi connectivity index (χ3n) is 23.0. The normalized spacial score (nSPS) is 53.8. The lowest BCUT2D eigenvalue weighted by atomic mass is 9.95. The van der Waals surface area contributed by atoms with Crippen molar-refractivity contribution in [2.45, 2.75) is 338 Å². The van der Waals surface area contributed by atoms with Gasteiger partial charge < -0.3 is 278 Å². The zero-order chi connectivity index (χ0) is 89.4. The molecule has 0 aliphatic carbocycles. The van der Waals surface area contributed by atoms with E-state index in [1.165, 1.54) is 0 Å². The molecule has 11 saturated heterocycles. The fourth-order valence-electron chi connectivity index (χ4n) is 15.5. The molecule has 0 unspecified atom stereocenters. The van der Waals surface area contributed by atoms with E-state index in [4.69, 9.17) is 99.5 Å². The predicted molar refractivity (Wildman–Crippen MR) is 362 cm³/mol. The molecule has 0 amide bonds. The van der Waals surface area contributed by atoms with E-state index in [0.29, 0.717) is 0 Å². The van der Waals surface area contributed by atoms with Crippen molar-refractivity contribution < 1.29 is 278 Å². The number of aliphatic hydroxyl groups is 35. The summed E-state index contributed by atoms with van der Waals surface area (Å²) in [6.45, 7) is -12.1.